The fourth-order valence-electron chi connectivity index (χ4n) is 1.80. The number of benzene rings is 1. The van der Waals surface area contributed by atoms with E-state index in [1.165, 1.54) is 12.1 Å². The minimum Gasteiger partial charge on any atom is -0.276 e. The highest BCUT2D eigenvalue weighted by Crippen LogP contribution is 2.18. The van der Waals surface area contributed by atoms with Crippen molar-refractivity contribution in [3.05, 3.63) is 58.6 Å². The minimum atomic E-state index is -0.268. The molecule has 0 aliphatic carbocycles. The molecule has 0 bridgehead atoms. The van der Waals surface area contributed by atoms with Crippen LogP contribution in [0.25, 0.3) is 23.2 Å². The number of rotatable bonds is 2. The third-order valence-electron chi connectivity index (χ3n) is 2.68. The molecule has 0 aliphatic heterocycles. The fraction of sp³-hybridized carbons (Fsp3) is 0. The van der Waals surface area contributed by atoms with Crippen LogP contribution in [0.1, 0.15) is 11.3 Å². The summed E-state index contributed by atoms with van der Waals surface area (Å²) in [5.74, 6) is -0.268. The van der Waals surface area contributed by atoms with Crippen LogP contribution in [0.5, 0.6) is 0 Å². The van der Waals surface area contributed by atoms with Crippen molar-refractivity contribution in [3.63, 3.8) is 0 Å². The number of H-pyrrole nitrogens is 1. The molecule has 2 heterocycles. The number of hydrogen-bond donors (Lipinski definition) is 1. The van der Waals surface area contributed by atoms with E-state index in [9.17, 15) is 4.39 Å². The van der Waals surface area contributed by atoms with Gasteiger partial charge in [0.15, 0.2) is 0 Å². The summed E-state index contributed by atoms with van der Waals surface area (Å²) in [6.07, 6.45) is 3.55. The highest BCUT2D eigenvalue weighted by molar-refractivity contribution is 6.29. The van der Waals surface area contributed by atoms with Gasteiger partial charge in [-0.15, -0.1) is 0 Å². The Morgan fingerprint density at radius 3 is 2.89 bits per heavy atom. The fourth-order valence-corrected chi connectivity index (χ4v) is 1.94. The van der Waals surface area contributed by atoms with Crippen LogP contribution >= 0.6 is 11.6 Å². The van der Waals surface area contributed by atoms with Gasteiger partial charge in [0.2, 0.25) is 0 Å². The van der Waals surface area contributed by atoms with E-state index in [0.29, 0.717) is 16.4 Å². The second-order valence-corrected chi connectivity index (χ2v) is 4.41. The first-order valence-corrected chi connectivity index (χ1v) is 6.04. The number of halogens is 2. The molecule has 1 N–H and O–H groups in total. The average Bonchev–Trinajstić information content (AvgIpc) is 2.79. The number of nitrogens with one attached hydrogen (secondary N) is 1. The molecule has 5 heteroatoms. The molecular weight excluding hydrogens is 265 g/mol. The lowest BCUT2D eigenvalue weighted by atomic mass is 10.2. The number of pyridine rings is 1. The predicted molar refractivity (Wildman–Crippen MR) is 74.2 cm³/mol. The molecule has 0 amide bonds. The summed E-state index contributed by atoms with van der Waals surface area (Å²) in [4.78, 5) is 4.21. The van der Waals surface area contributed by atoms with Crippen LogP contribution in [-0.4, -0.2) is 15.2 Å². The van der Waals surface area contributed by atoms with Crippen molar-refractivity contribution in [1.29, 1.82) is 0 Å². The molecule has 94 valence electrons. The van der Waals surface area contributed by atoms with Gasteiger partial charge in [-0.25, -0.2) is 9.37 Å². The first kappa shape index (κ1) is 11.9. The lowest BCUT2D eigenvalue weighted by Crippen LogP contribution is -1.79. The zero-order valence-corrected chi connectivity index (χ0v) is 10.5. The summed E-state index contributed by atoms with van der Waals surface area (Å²) in [5.41, 5.74) is 2.93. The van der Waals surface area contributed by atoms with Crippen molar-refractivity contribution >= 4 is 34.8 Å². The van der Waals surface area contributed by atoms with Crippen molar-refractivity contribution in [1.82, 2.24) is 15.2 Å². The van der Waals surface area contributed by atoms with E-state index in [2.05, 4.69) is 15.2 Å². The summed E-state index contributed by atoms with van der Waals surface area (Å²) in [6.45, 7) is 0. The summed E-state index contributed by atoms with van der Waals surface area (Å²) >= 11 is 5.86. The van der Waals surface area contributed by atoms with E-state index in [4.69, 9.17) is 11.6 Å². The second kappa shape index (κ2) is 4.82. The van der Waals surface area contributed by atoms with Crippen LogP contribution in [0.2, 0.25) is 5.15 Å². The van der Waals surface area contributed by atoms with E-state index < -0.39 is 0 Å². The first-order chi connectivity index (χ1) is 9.22. The Kier molecular flexibility index (Phi) is 3.01. The first-order valence-electron chi connectivity index (χ1n) is 5.67. The monoisotopic (exact) mass is 273 g/mol. The van der Waals surface area contributed by atoms with E-state index in [0.717, 1.165) is 11.1 Å². The number of nitrogens with zero attached hydrogens (tertiary/aromatic N) is 2. The second-order valence-electron chi connectivity index (χ2n) is 4.03. The lowest BCUT2D eigenvalue weighted by Gasteiger charge is -1.93. The molecule has 0 saturated carbocycles. The molecule has 3 aromatic rings. The maximum absolute atomic E-state index is 13.1. The number of fused-ring (bicyclic) bond motifs is 1. The molecule has 0 aliphatic rings. The highest BCUT2D eigenvalue weighted by atomic mass is 35.5. The zero-order chi connectivity index (χ0) is 13.2. The summed E-state index contributed by atoms with van der Waals surface area (Å²) < 4.78 is 13.1. The molecule has 2 aromatic heterocycles. The smallest absolute Gasteiger partial charge is 0.130 e. The molecule has 3 rings (SSSR count). The molecule has 0 fully saturated rings. The summed E-state index contributed by atoms with van der Waals surface area (Å²) in [5, 5.41) is 7.43. The molecule has 19 heavy (non-hydrogen) atoms. The van der Waals surface area contributed by atoms with Gasteiger partial charge in [0.25, 0.3) is 0 Å². The van der Waals surface area contributed by atoms with Crippen LogP contribution in [0.3, 0.4) is 0 Å². The quantitative estimate of drug-likeness (QED) is 0.719. The Labute approximate surface area is 113 Å². The Bertz CT molecular complexity index is 764. The molecule has 1 aromatic carbocycles. The topological polar surface area (TPSA) is 41.6 Å². The molecular formula is C14H9ClFN3. The van der Waals surface area contributed by atoms with Crippen molar-refractivity contribution in [2.45, 2.75) is 0 Å². The summed E-state index contributed by atoms with van der Waals surface area (Å²) in [6, 6.07) is 9.84. The van der Waals surface area contributed by atoms with Crippen LogP contribution in [0.4, 0.5) is 4.39 Å². The zero-order valence-electron chi connectivity index (χ0n) is 9.77. The van der Waals surface area contributed by atoms with Gasteiger partial charge in [-0.3, -0.25) is 5.10 Å². The predicted octanol–water partition coefficient (Wildman–Crippen LogP) is 3.92. The normalized spacial score (nSPS) is 11.5. The highest BCUT2D eigenvalue weighted by Gasteiger charge is 2.04. The van der Waals surface area contributed by atoms with Gasteiger partial charge in [0.1, 0.15) is 22.2 Å². The maximum Gasteiger partial charge on any atom is 0.130 e. The Balaban J connectivity index is 1.99. The van der Waals surface area contributed by atoms with Gasteiger partial charge >= 0.3 is 0 Å². The van der Waals surface area contributed by atoms with E-state index in [-0.39, 0.29) is 5.82 Å². The van der Waals surface area contributed by atoms with Crippen LogP contribution in [0, 0.1) is 5.82 Å². The standard InChI is InChI=1S/C14H9ClFN3/c15-13-7-6-12-14(17-13)11(18-19-12)5-4-9-2-1-3-10(16)8-9/h1-8H,(H,18,19)/b5-4+. The maximum atomic E-state index is 13.1. The van der Waals surface area contributed by atoms with Gasteiger partial charge in [-0.2, -0.15) is 5.10 Å². The lowest BCUT2D eigenvalue weighted by molar-refractivity contribution is 0.627. The van der Waals surface area contributed by atoms with Crippen LogP contribution in [-0.2, 0) is 0 Å². The number of hydrogen-bond acceptors (Lipinski definition) is 2. The molecule has 0 atom stereocenters. The van der Waals surface area contributed by atoms with Crippen molar-refractivity contribution in [3.8, 4) is 0 Å². The summed E-state index contributed by atoms with van der Waals surface area (Å²) in [7, 11) is 0. The largest absolute Gasteiger partial charge is 0.276 e. The molecule has 0 spiro atoms. The van der Waals surface area contributed by atoms with E-state index >= 15 is 0 Å². The molecule has 0 unspecified atom stereocenters. The van der Waals surface area contributed by atoms with Gasteiger partial charge < -0.3 is 0 Å². The molecule has 3 nitrogen and oxygen atoms in total. The van der Waals surface area contributed by atoms with Crippen LogP contribution in [0.15, 0.2) is 36.4 Å². The molecule has 0 radical (unpaired) electrons. The number of aromatic amines is 1. The van der Waals surface area contributed by atoms with E-state index in [1.54, 1.807) is 24.3 Å². The van der Waals surface area contributed by atoms with Gasteiger partial charge in [-0.05, 0) is 35.9 Å². The van der Waals surface area contributed by atoms with Crippen LogP contribution < -0.4 is 0 Å². The Hall–Kier alpha value is -2.20. The van der Waals surface area contributed by atoms with Crippen molar-refractivity contribution in [2.24, 2.45) is 0 Å². The minimum absolute atomic E-state index is 0.268. The van der Waals surface area contributed by atoms with Crippen molar-refractivity contribution < 1.29 is 4.39 Å². The third-order valence-corrected chi connectivity index (χ3v) is 2.89. The van der Waals surface area contributed by atoms with Crippen molar-refractivity contribution in [2.75, 3.05) is 0 Å². The average molecular weight is 274 g/mol. The van der Waals surface area contributed by atoms with Gasteiger partial charge in [0, 0.05) is 0 Å². The Morgan fingerprint density at radius 2 is 2.05 bits per heavy atom. The van der Waals surface area contributed by atoms with E-state index in [1.807, 2.05) is 12.1 Å². The SMILES string of the molecule is Fc1cccc(/C=C/c2n[nH]c3ccc(Cl)nc23)c1. The van der Waals surface area contributed by atoms with Gasteiger partial charge in [0.05, 0.1) is 5.52 Å². The number of aromatic nitrogens is 3. The molecule has 0 saturated heterocycles. The Morgan fingerprint density at radius 1 is 1.16 bits per heavy atom. The van der Waals surface area contributed by atoms with Gasteiger partial charge in [-0.1, -0.05) is 29.8 Å². The third kappa shape index (κ3) is 2.48.